The minimum Gasteiger partial charge on any atom is -0.311 e. The third-order valence-corrected chi connectivity index (χ3v) is 5.40. The highest BCUT2D eigenvalue weighted by Gasteiger charge is 2.25. The molecule has 6 heteroatoms. The van der Waals surface area contributed by atoms with Crippen molar-refractivity contribution in [3.63, 3.8) is 0 Å². The zero-order valence-corrected chi connectivity index (χ0v) is 15.5. The summed E-state index contributed by atoms with van der Waals surface area (Å²) in [6.45, 7) is 5.42. The fourth-order valence-electron chi connectivity index (χ4n) is 3.98. The second-order valence-corrected chi connectivity index (χ2v) is 7.34. The maximum atomic E-state index is 13.3. The molecule has 1 fully saturated rings. The molecule has 1 aromatic carbocycles. The van der Waals surface area contributed by atoms with Gasteiger partial charge in [-0.3, -0.25) is 19.6 Å². The van der Waals surface area contributed by atoms with Crippen LogP contribution in [-0.4, -0.2) is 60.0 Å². The van der Waals surface area contributed by atoms with Crippen LogP contribution in [0.25, 0.3) is 0 Å². The van der Waals surface area contributed by atoms with Crippen LogP contribution in [0.15, 0.2) is 42.7 Å². The number of fused-ring (bicyclic) bond motifs is 1. The summed E-state index contributed by atoms with van der Waals surface area (Å²) in [5, 5.41) is 0. The van der Waals surface area contributed by atoms with E-state index in [2.05, 4.69) is 26.9 Å². The number of rotatable bonds is 4. The van der Waals surface area contributed by atoms with Crippen LogP contribution in [0, 0.1) is 5.82 Å². The molecule has 1 saturated heterocycles. The lowest BCUT2D eigenvalue weighted by Crippen LogP contribution is -2.50. The first kappa shape index (κ1) is 18.1. The summed E-state index contributed by atoms with van der Waals surface area (Å²) in [5.74, 6) is -0.108. The van der Waals surface area contributed by atoms with Crippen molar-refractivity contribution in [3.8, 4) is 0 Å². The summed E-state index contributed by atoms with van der Waals surface area (Å²) in [4.78, 5) is 23.2. The second-order valence-electron chi connectivity index (χ2n) is 7.34. The third-order valence-electron chi connectivity index (χ3n) is 5.40. The Morgan fingerprint density at radius 2 is 1.81 bits per heavy atom. The first-order valence-corrected chi connectivity index (χ1v) is 9.61. The largest absolute Gasteiger partial charge is 0.311 e. The maximum Gasteiger partial charge on any atom is 0.241 e. The number of piperazine rings is 1. The molecule has 5 nitrogen and oxygen atoms in total. The van der Waals surface area contributed by atoms with Crippen LogP contribution in [0.3, 0.4) is 0 Å². The predicted molar refractivity (Wildman–Crippen MR) is 103 cm³/mol. The Morgan fingerprint density at radius 3 is 2.63 bits per heavy atom. The summed E-state index contributed by atoms with van der Waals surface area (Å²) in [7, 11) is 0. The highest BCUT2D eigenvalue weighted by Crippen LogP contribution is 2.26. The number of pyridine rings is 1. The fraction of sp³-hybridized carbons (Fsp3) is 0.429. The number of nitrogens with zero attached hydrogens (tertiary/aromatic N) is 4. The molecule has 0 bridgehead atoms. The van der Waals surface area contributed by atoms with Crippen LogP contribution in [0.5, 0.6) is 0 Å². The van der Waals surface area contributed by atoms with Crippen LogP contribution in [0.4, 0.5) is 10.1 Å². The summed E-state index contributed by atoms with van der Waals surface area (Å²) < 4.78 is 13.3. The van der Waals surface area contributed by atoms with E-state index in [1.165, 1.54) is 17.8 Å². The van der Waals surface area contributed by atoms with Gasteiger partial charge in [-0.2, -0.15) is 0 Å². The molecular formula is C21H25FN4O. The van der Waals surface area contributed by atoms with Gasteiger partial charge in [0, 0.05) is 51.2 Å². The number of anilines is 1. The van der Waals surface area contributed by atoms with Crippen LogP contribution < -0.4 is 4.90 Å². The molecule has 4 rings (SSSR count). The van der Waals surface area contributed by atoms with Crippen molar-refractivity contribution in [2.24, 2.45) is 0 Å². The minimum atomic E-state index is -0.293. The SMILES string of the molecule is O=C(CN1CCN(Cc2cncc(F)c2)CC1)N1CCCc2ccccc21. The molecule has 0 unspecified atom stereocenters. The molecule has 0 spiro atoms. The molecule has 2 aromatic rings. The summed E-state index contributed by atoms with van der Waals surface area (Å²) in [6.07, 6.45) is 5.02. The van der Waals surface area contributed by atoms with Crippen molar-refractivity contribution in [2.45, 2.75) is 19.4 Å². The number of halogens is 1. The molecule has 2 aliphatic heterocycles. The zero-order chi connectivity index (χ0) is 18.6. The Morgan fingerprint density at radius 1 is 1.04 bits per heavy atom. The fourth-order valence-corrected chi connectivity index (χ4v) is 3.98. The number of amides is 1. The van der Waals surface area contributed by atoms with Crippen LogP contribution in [0.2, 0.25) is 0 Å². The Labute approximate surface area is 159 Å². The number of hydrogen-bond acceptors (Lipinski definition) is 4. The predicted octanol–water partition coefficient (Wildman–Crippen LogP) is 2.32. The number of aromatic nitrogens is 1. The molecule has 0 N–H and O–H groups in total. The Bertz CT molecular complexity index is 804. The molecule has 3 heterocycles. The summed E-state index contributed by atoms with van der Waals surface area (Å²) in [5.41, 5.74) is 3.24. The molecule has 0 saturated carbocycles. The van der Waals surface area contributed by atoms with Crippen molar-refractivity contribution in [3.05, 3.63) is 59.7 Å². The second kappa shape index (κ2) is 8.15. The van der Waals surface area contributed by atoms with Gasteiger partial charge in [0.15, 0.2) is 0 Å². The van der Waals surface area contributed by atoms with Gasteiger partial charge in [-0.15, -0.1) is 0 Å². The first-order chi connectivity index (χ1) is 13.2. The smallest absolute Gasteiger partial charge is 0.241 e. The van der Waals surface area contributed by atoms with Crippen molar-refractivity contribution < 1.29 is 9.18 Å². The van der Waals surface area contributed by atoms with Crippen molar-refractivity contribution in [1.29, 1.82) is 0 Å². The van der Waals surface area contributed by atoms with Gasteiger partial charge in [0.05, 0.1) is 12.7 Å². The van der Waals surface area contributed by atoms with Gasteiger partial charge in [0.2, 0.25) is 5.91 Å². The monoisotopic (exact) mass is 368 g/mol. The van der Waals surface area contributed by atoms with E-state index in [4.69, 9.17) is 0 Å². The Kier molecular flexibility index (Phi) is 5.45. The lowest BCUT2D eigenvalue weighted by molar-refractivity contribution is -0.120. The molecule has 0 aliphatic carbocycles. The van der Waals surface area contributed by atoms with E-state index >= 15 is 0 Å². The van der Waals surface area contributed by atoms with Gasteiger partial charge < -0.3 is 4.90 Å². The quantitative estimate of drug-likeness (QED) is 0.830. The van der Waals surface area contributed by atoms with Gasteiger partial charge in [0.25, 0.3) is 0 Å². The minimum absolute atomic E-state index is 0.185. The van der Waals surface area contributed by atoms with Crippen molar-refractivity contribution in [1.82, 2.24) is 14.8 Å². The van der Waals surface area contributed by atoms with E-state index in [-0.39, 0.29) is 11.7 Å². The highest BCUT2D eigenvalue weighted by atomic mass is 19.1. The third kappa shape index (κ3) is 4.34. The van der Waals surface area contributed by atoms with Crippen LogP contribution >= 0.6 is 0 Å². The topological polar surface area (TPSA) is 39.7 Å². The average molecular weight is 368 g/mol. The number of para-hydroxylation sites is 1. The standard InChI is InChI=1S/C21H25FN4O/c22-19-12-17(13-23-14-19)15-24-8-10-25(11-9-24)16-21(27)26-7-3-5-18-4-1-2-6-20(18)26/h1-2,4,6,12-14H,3,5,7-11,15-16H2. The van der Waals surface area contributed by atoms with E-state index in [9.17, 15) is 9.18 Å². The van der Waals surface area contributed by atoms with Gasteiger partial charge in [-0.25, -0.2) is 4.39 Å². The normalized spacial score (nSPS) is 18.3. The molecular weight excluding hydrogens is 343 g/mol. The van der Waals surface area contributed by atoms with E-state index < -0.39 is 0 Å². The molecule has 142 valence electrons. The van der Waals surface area contributed by atoms with E-state index in [1.54, 1.807) is 6.20 Å². The lowest BCUT2D eigenvalue weighted by Gasteiger charge is -2.36. The molecule has 1 aromatic heterocycles. The van der Waals surface area contributed by atoms with E-state index in [1.807, 2.05) is 17.0 Å². The molecule has 27 heavy (non-hydrogen) atoms. The lowest BCUT2D eigenvalue weighted by atomic mass is 10.0. The summed E-state index contributed by atoms with van der Waals surface area (Å²) >= 11 is 0. The molecule has 0 radical (unpaired) electrons. The first-order valence-electron chi connectivity index (χ1n) is 9.61. The van der Waals surface area contributed by atoms with Gasteiger partial charge in [0.1, 0.15) is 5.82 Å². The number of carbonyl (C=O) groups excluding carboxylic acids is 1. The number of benzene rings is 1. The van der Waals surface area contributed by atoms with Gasteiger partial charge in [-0.1, -0.05) is 18.2 Å². The maximum absolute atomic E-state index is 13.3. The molecule has 2 aliphatic rings. The van der Waals surface area contributed by atoms with Crippen LogP contribution in [0.1, 0.15) is 17.5 Å². The summed E-state index contributed by atoms with van der Waals surface area (Å²) in [6, 6.07) is 9.76. The molecule has 1 amide bonds. The van der Waals surface area contributed by atoms with Crippen molar-refractivity contribution >= 4 is 11.6 Å². The molecule has 0 atom stereocenters. The Balaban J connectivity index is 1.30. The van der Waals surface area contributed by atoms with Crippen LogP contribution in [-0.2, 0) is 17.8 Å². The number of aryl methyl sites for hydroxylation is 1. The number of hydrogen-bond donors (Lipinski definition) is 0. The zero-order valence-electron chi connectivity index (χ0n) is 15.5. The van der Waals surface area contributed by atoms with E-state index in [0.717, 1.165) is 56.8 Å². The van der Waals surface area contributed by atoms with Crippen molar-refractivity contribution in [2.75, 3.05) is 44.2 Å². The number of carbonyl (C=O) groups is 1. The Hall–Kier alpha value is -2.31. The van der Waals surface area contributed by atoms with Gasteiger partial charge >= 0.3 is 0 Å². The van der Waals surface area contributed by atoms with E-state index in [0.29, 0.717) is 13.1 Å². The van der Waals surface area contributed by atoms with Gasteiger partial charge in [-0.05, 0) is 36.1 Å². The average Bonchev–Trinajstić information content (AvgIpc) is 2.69. The highest BCUT2D eigenvalue weighted by molar-refractivity contribution is 5.95.